The SMILES string of the molecule is CC/C(=C(/O)NC)c1ccc([C@@H](C)CNC)cc1. The van der Waals surface area contributed by atoms with Gasteiger partial charge in [-0.15, -0.1) is 0 Å². The van der Waals surface area contributed by atoms with Crippen molar-refractivity contribution in [1.82, 2.24) is 10.6 Å². The highest BCUT2D eigenvalue weighted by atomic mass is 16.3. The van der Waals surface area contributed by atoms with Gasteiger partial charge in [0, 0.05) is 19.2 Å². The fraction of sp³-hybridized carbons (Fsp3) is 0.467. The summed E-state index contributed by atoms with van der Waals surface area (Å²) in [5.74, 6) is 0.754. The number of likely N-dealkylation sites (N-methyl/N-ethyl adjacent to an activating group) is 1. The molecule has 1 rings (SSSR count). The van der Waals surface area contributed by atoms with Gasteiger partial charge in [-0.25, -0.2) is 0 Å². The maximum Gasteiger partial charge on any atom is 0.187 e. The molecule has 0 heterocycles. The number of allylic oxidation sites excluding steroid dienone is 1. The maximum atomic E-state index is 9.79. The van der Waals surface area contributed by atoms with Crippen LogP contribution in [0.4, 0.5) is 0 Å². The van der Waals surface area contributed by atoms with E-state index < -0.39 is 0 Å². The van der Waals surface area contributed by atoms with Gasteiger partial charge >= 0.3 is 0 Å². The fourth-order valence-electron chi connectivity index (χ4n) is 2.10. The highest BCUT2D eigenvalue weighted by molar-refractivity contribution is 5.66. The minimum absolute atomic E-state index is 0.258. The first-order valence-corrected chi connectivity index (χ1v) is 6.48. The van der Waals surface area contributed by atoms with Crippen molar-refractivity contribution in [3.8, 4) is 0 Å². The van der Waals surface area contributed by atoms with Gasteiger partial charge in [-0.05, 0) is 30.5 Å². The predicted molar refractivity (Wildman–Crippen MR) is 77.7 cm³/mol. The van der Waals surface area contributed by atoms with Gasteiger partial charge in [-0.1, -0.05) is 38.1 Å². The molecule has 0 fully saturated rings. The molecule has 18 heavy (non-hydrogen) atoms. The molecule has 0 saturated heterocycles. The molecule has 3 nitrogen and oxygen atoms in total. The Balaban J connectivity index is 2.95. The Morgan fingerprint density at radius 2 is 1.83 bits per heavy atom. The van der Waals surface area contributed by atoms with Crippen LogP contribution in [0.2, 0.25) is 0 Å². The highest BCUT2D eigenvalue weighted by Gasteiger charge is 2.08. The zero-order chi connectivity index (χ0) is 13.5. The second-order valence-corrected chi connectivity index (χ2v) is 4.51. The average Bonchev–Trinajstić information content (AvgIpc) is 2.40. The number of hydrogen-bond donors (Lipinski definition) is 3. The average molecular weight is 248 g/mol. The smallest absolute Gasteiger partial charge is 0.187 e. The van der Waals surface area contributed by atoms with Gasteiger partial charge in [0.2, 0.25) is 0 Å². The molecule has 100 valence electrons. The van der Waals surface area contributed by atoms with Crippen LogP contribution < -0.4 is 10.6 Å². The van der Waals surface area contributed by atoms with E-state index in [1.807, 2.05) is 14.0 Å². The summed E-state index contributed by atoms with van der Waals surface area (Å²) < 4.78 is 0. The Morgan fingerprint density at radius 3 is 2.28 bits per heavy atom. The molecule has 0 spiro atoms. The molecule has 0 radical (unpaired) electrons. The highest BCUT2D eigenvalue weighted by Crippen LogP contribution is 2.22. The van der Waals surface area contributed by atoms with Crippen molar-refractivity contribution in [1.29, 1.82) is 0 Å². The van der Waals surface area contributed by atoms with Crippen molar-refractivity contribution in [2.24, 2.45) is 0 Å². The summed E-state index contributed by atoms with van der Waals surface area (Å²) in [6, 6.07) is 8.42. The van der Waals surface area contributed by atoms with Crippen LogP contribution in [-0.2, 0) is 0 Å². The summed E-state index contributed by atoms with van der Waals surface area (Å²) >= 11 is 0. The van der Waals surface area contributed by atoms with Gasteiger partial charge < -0.3 is 15.7 Å². The van der Waals surface area contributed by atoms with Crippen LogP contribution in [0, 0.1) is 0 Å². The molecule has 0 aliphatic heterocycles. The van der Waals surface area contributed by atoms with Crippen molar-refractivity contribution in [2.45, 2.75) is 26.2 Å². The third-order valence-electron chi connectivity index (χ3n) is 3.21. The van der Waals surface area contributed by atoms with E-state index >= 15 is 0 Å². The van der Waals surface area contributed by atoms with Crippen LogP contribution in [0.25, 0.3) is 5.57 Å². The van der Waals surface area contributed by atoms with Crippen molar-refractivity contribution in [2.75, 3.05) is 20.6 Å². The molecule has 3 N–H and O–H groups in total. The number of nitrogens with one attached hydrogen (secondary N) is 2. The fourth-order valence-corrected chi connectivity index (χ4v) is 2.10. The van der Waals surface area contributed by atoms with Crippen LogP contribution in [-0.4, -0.2) is 25.7 Å². The summed E-state index contributed by atoms with van der Waals surface area (Å²) in [5.41, 5.74) is 3.34. The summed E-state index contributed by atoms with van der Waals surface area (Å²) in [6.45, 7) is 5.21. The van der Waals surface area contributed by atoms with E-state index in [-0.39, 0.29) is 5.88 Å². The molecule has 1 aromatic carbocycles. The third kappa shape index (κ3) is 3.50. The molecule has 0 aliphatic rings. The molecule has 1 aromatic rings. The van der Waals surface area contributed by atoms with Crippen molar-refractivity contribution in [3.05, 3.63) is 41.3 Å². The first kappa shape index (κ1) is 14.6. The lowest BCUT2D eigenvalue weighted by molar-refractivity contribution is 0.378. The van der Waals surface area contributed by atoms with Gasteiger partial charge in [0.15, 0.2) is 5.88 Å². The summed E-state index contributed by atoms with van der Waals surface area (Å²) in [5, 5.41) is 15.8. The molecule has 0 saturated carbocycles. The van der Waals surface area contributed by atoms with Crippen LogP contribution in [0.3, 0.4) is 0 Å². The molecule has 3 heteroatoms. The number of aliphatic hydroxyl groups excluding tert-OH is 1. The molecular formula is C15H24N2O. The van der Waals surface area contributed by atoms with Gasteiger partial charge in [0.1, 0.15) is 0 Å². The van der Waals surface area contributed by atoms with E-state index in [2.05, 4.69) is 41.8 Å². The number of benzene rings is 1. The van der Waals surface area contributed by atoms with E-state index in [0.29, 0.717) is 5.92 Å². The Kier molecular flexibility index (Phi) is 5.72. The van der Waals surface area contributed by atoms with Crippen molar-refractivity contribution < 1.29 is 5.11 Å². The van der Waals surface area contributed by atoms with Crippen LogP contribution in [0.15, 0.2) is 30.1 Å². The van der Waals surface area contributed by atoms with E-state index in [9.17, 15) is 5.11 Å². The topological polar surface area (TPSA) is 44.3 Å². The predicted octanol–water partition coefficient (Wildman–Crippen LogP) is 2.87. The van der Waals surface area contributed by atoms with E-state index in [4.69, 9.17) is 0 Å². The largest absolute Gasteiger partial charge is 0.495 e. The van der Waals surface area contributed by atoms with Crippen molar-refractivity contribution >= 4 is 5.57 Å². The lowest BCUT2D eigenvalue weighted by Crippen LogP contribution is -2.14. The number of hydrogen-bond acceptors (Lipinski definition) is 3. The second kappa shape index (κ2) is 7.07. The standard InChI is InChI=1S/C15H24N2O/c1-5-14(15(18)17-4)13-8-6-12(7-9-13)11(2)10-16-3/h6-9,11,16-18H,5,10H2,1-4H3/b15-14-/t11-/m0/s1. The number of aliphatic hydroxyl groups is 1. The van der Waals surface area contributed by atoms with Crippen LogP contribution in [0.1, 0.15) is 37.3 Å². The molecule has 0 aliphatic carbocycles. The molecule has 1 atom stereocenters. The quantitative estimate of drug-likeness (QED) is 0.678. The zero-order valence-electron chi connectivity index (χ0n) is 11.7. The molecular weight excluding hydrogens is 224 g/mol. The Morgan fingerprint density at radius 1 is 1.22 bits per heavy atom. The summed E-state index contributed by atoms with van der Waals surface area (Å²) in [7, 11) is 3.70. The Labute approximate surface area is 110 Å². The van der Waals surface area contributed by atoms with Gasteiger partial charge in [-0.2, -0.15) is 0 Å². The first-order valence-electron chi connectivity index (χ1n) is 6.48. The van der Waals surface area contributed by atoms with Gasteiger partial charge in [-0.3, -0.25) is 0 Å². The first-order chi connectivity index (χ1) is 8.63. The monoisotopic (exact) mass is 248 g/mol. The minimum Gasteiger partial charge on any atom is -0.495 e. The zero-order valence-corrected chi connectivity index (χ0v) is 11.7. The van der Waals surface area contributed by atoms with E-state index in [0.717, 1.165) is 24.1 Å². The molecule has 0 unspecified atom stereocenters. The number of rotatable bonds is 6. The van der Waals surface area contributed by atoms with E-state index in [1.165, 1.54) is 5.56 Å². The normalized spacial score (nSPS) is 14.0. The lowest BCUT2D eigenvalue weighted by Gasteiger charge is -2.13. The van der Waals surface area contributed by atoms with Crippen LogP contribution >= 0.6 is 0 Å². The lowest BCUT2D eigenvalue weighted by atomic mass is 9.96. The Bertz CT molecular complexity index is 395. The molecule has 0 aromatic heterocycles. The molecule has 0 bridgehead atoms. The van der Waals surface area contributed by atoms with Gasteiger partial charge in [0.05, 0.1) is 0 Å². The second-order valence-electron chi connectivity index (χ2n) is 4.51. The molecule has 0 amide bonds. The summed E-state index contributed by atoms with van der Waals surface area (Å²) in [4.78, 5) is 0. The van der Waals surface area contributed by atoms with E-state index in [1.54, 1.807) is 7.05 Å². The van der Waals surface area contributed by atoms with Crippen molar-refractivity contribution in [3.63, 3.8) is 0 Å². The van der Waals surface area contributed by atoms with Gasteiger partial charge in [0.25, 0.3) is 0 Å². The van der Waals surface area contributed by atoms with Crippen LogP contribution in [0.5, 0.6) is 0 Å². The maximum absolute atomic E-state index is 9.79. The minimum atomic E-state index is 0.258. The summed E-state index contributed by atoms with van der Waals surface area (Å²) in [6.07, 6.45) is 0.804. The third-order valence-corrected chi connectivity index (χ3v) is 3.21. The Hall–Kier alpha value is -1.48.